The molecule has 80 valence electrons. The summed E-state index contributed by atoms with van der Waals surface area (Å²) in [7, 11) is 0. The van der Waals surface area contributed by atoms with Crippen molar-refractivity contribution in [3.8, 4) is 0 Å². The van der Waals surface area contributed by atoms with Gasteiger partial charge in [-0.1, -0.05) is 12.8 Å². The monoisotopic (exact) mass is 207 g/mol. The number of carbonyl (C=O) groups is 1. The number of H-pyrrole nitrogens is 1. The van der Waals surface area contributed by atoms with Crippen LogP contribution in [0.2, 0.25) is 0 Å². The third kappa shape index (κ3) is 1.93. The zero-order chi connectivity index (χ0) is 10.8. The van der Waals surface area contributed by atoms with Crippen molar-refractivity contribution < 1.29 is 9.90 Å². The highest BCUT2D eigenvalue weighted by molar-refractivity contribution is 5.86. The lowest BCUT2D eigenvalue weighted by Crippen LogP contribution is -2.19. The predicted molar refractivity (Wildman–Crippen MR) is 55.2 cm³/mol. The Morgan fingerprint density at radius 2 is 2.00 bits per heavy atom. The molecule has 0 radical (unpaired) electrons. The summed E-state index contributed by atoms with van der Waals surface area (Å²) in [5.41, 5.74) is 0.200. The molecule has 4 nitrogen and oxygen atoms in total. The summed E-state index contributed by atoms with van der Waals surface area (Å²) >= 11 is 0. The van der Waals surface area contributed by atoms with Crippen LogP contribution < -0.4 is 5.56 Å². The molecule has 0 unspecified atom stereocenters. The summed E-state index contributed by atoms with van der Waals surface area (Å²) in [5, 5.41) is 8.70. The first kappa shape index (κ1) is 9.96. The highest BCUT2D eigenvalue weighted by Gasteiger charge is 2.19. The molecule has 1 saturated carbocycles. The predicted octanol–water partition coefficient (Wildman–Crippen LogP) is 1.73. The fourth-order valence-electron chi connectivity index (χ4n) is 2.13. The normalized spacial score (nSPS) is 16.8. The molecule has 1 fully saturated rings. The number of carboxylic acid groups (broad SMARTS) is 1. The van der Waals surface area contributed by atoms with Crippen LogP contribution in [0.25, 0.3) is 0 Å². The van der Waals surface area contributed by atoms with E-state index in [1.165, 1.54) is 18.9 Å². The summed E-state index contributed by atoms with van der Waals surface area (Å²) in [4.78, 5) is 24.7. The minimum absolute atomic E-state index is 0.184. The molecule has 0 saturated heterocycles. The first-order chi connectivity index (χ1) is 7.18. The summed E-state index contributed by atoms with van der Waals surface area (Å²) < 4.78 is 0. The zero-order valence-electron chi connectivity index (χ0n) is 8.32. The van der Waals surface area contributed by atoms with E-state index in [2.05, 4.69) is 4.98 Å². The van der Waals surface area contributed by atoms with E-state index in [0.717, 1.165) is 18.5 Å². The van der Waals surface area contributed by atoms with Gasteiger partial charge in [-0.2, -0.15) is 0 Å². The standard InChI is InChI=1S/C11H13NO3/c13-10-8(11(14)15)5-6-9(12-10)7-3-1-2-4-7/h5-7H,1-4H2,(H,12,13)(H,14,15). The molecule has 0 aromatic carbocycles. The van der Waals surface area contributed by atoms with E-state index in [-0.39, 0.29) is 5.56 Å². The lowest BCUT2D eigenvalue weighted by Gasteiger charge is -2.08. The van der Waals surface area contributed by atoms with Gasteiger partial charge in [0.2, 0.25) is 0 Å². The zero-order valence-corrected chi connectivity index (χ0v) is 8.32. The van der Waals surface area contributed by atoms with Crippen molar-refractivity contribution in [2.45, 2.75) is 31.6 Å². The summed E-state index contributed by atoms with van der Waals surface area (Å²) in [6.07, 6.45) is 4.55. The molecule has 1 aliphatic rings. The van der Waals surface area contributed by atoms with Gasteiger partial charge in [0.25, 0.3) is 5.56 Å². The van der Waals surface area contributed by atoms with Crippen LogP contribution in [0.15, 0.2) is 16.9 Å². The quantitative estimate of drug-likeness (QED) is 0.775. The van der Waals surface area contributed by atoms with E-state index < -0.39 is 11.5 Å². The van der Waals surface area contributed by atoms with E-state index in [1.54, 1.807) is 6.07 Å². The molecule has 1 aromatic heterocycles. The smallest absolute Gasteiger partial charge is 0.341 e. The van der Waals surface area contributed by atoms with E-state index >= 15 is 0 Å². The van der Waals surface area contributed by atoms with Crippen molar-refractivity contribution in [2.75, 3.05) is 0 Å². The third-order valence-electron chi connectivity index (χ3n) is 2.96. The number of nitrogens with one attached hydrogen (secondary N) is 1. The maximum Gasteiger partial charge on any atom is 0.341 e. The lowest BCUT2D eigenvalue weighted by atomic mass is 10.0. The van der Waals surface area contributed by atoms with Crippen LogP contribution in [-0.2, 0) is 0 Å². The Bertz CT molecular complexity index is 430. The van der Waals surface area contributed by atoms with Crippen molar-refractivity contribution in [1.29, 1.82) is 0 Å². The molecule has 1 aromatic rings. The summed E-state index contributed by atoms with van der Waals surface area (Å²) in [6.45, 7) is 0. The van der Waals surface area contributed by atoms with Crippen LogP contribution in [0, 0.1) is 0 Å². The third-order valence-corrected chi connectivity index (χ3v) is 2.96. The minimum Gasteiger partial charge on any atom is -0.477 e. The molecule has 0 bridgehead atoms. The van der Waals surface area contributed by atoms with Gasteiger partial charge in [0.1, 0.15) is 5.56 Å². The van der Waals surface area contributed by atoms with Gasteiger partial charge in [-0.05, 0) is 30.9 Å². The Kier molecular flexibility index (Phi) is 2.58. The van der Waals surface area contributed by atoms with Gasteiger partial charge in [0.15, 0.2) is 0 Å². The molecule has 0 aliphatic heterocycles. The Morgan fingerprint density at radius 1 is 1.33 bits per heavy atom. The van der Waals surface area contributed by atoms with Gasteiger partial charge >= 0.3 is 5.97 Å². The summed E-state index contributed by atoms with van der Waals surface area (Å²) in [6, 6.07) is 3.12. The molecule has 2 rings (SSSR count). The average Bonchev–Trinajstić information content (AvgIpc) is 2.69. The van der Waals surface area contributed by atoms with Gasteiger partial charge in [-0.15, -0.1) is 0 Å². The van der Waals surface area contributed by atoms with E-state index in [4.69, 9.17) is 5.11 Å². The molecule has 1 heterocycles. The van der Waals surface area contributed by atoms with Gasteiger partial charge in [-0.3, -0.25) is 4.79 Å². The molecule has 15 heavy (non-hydrogen) atoms. The van der Waals surface area contributed by atoms with E-state index in [9.17, 15) is 9.59 Å². The first-order valence-corrected chi connectivity index (χ1v) is 5.15. The van der Waals surface area contributed by atoms with Crippen LogP contribution in [0.4, 0.5) is 0 Å². The largest absolute Gasteiger partial charge is 0.477 e. The molecule has 0 atom stereocenters. The van der Waals surface area contributed by atoms with E-state index in [1.807, 2.05) is 0 Å². The number of hydrogen-bond donors (Lipinski definition) is 2. The minimum atomic E-state index is -1.17. The number of aromatic nitrogens is 1. The Labute approximate surface area is 87.0 Å². The maximum absolute atomic E-state index is 11.4. The molecule has 0 spiro atoms. The molecule has 1 aliphatic carbocycles. The van der Waals surface area contributed by atoms with Gasteiger partial charge in [0, 0.05) is 5.69 Å². The Hall–Kier alpha value is -1.58. The highest BCUT2D eigenvalue weighted by atomic mass is 16.4. The van der Waals surface area contributed by atoms with Crippen molar-refractivity contribution in [2.24, 2.45) is 0 Å². The van der Waals surface area contributed by atoms with Crippen molar-refractivity contribution in [3.63, 3.8) is 0 Å². The van der Waals surface area contributed by atoms with Gasteiger partial charge in [-0.25, -0.2) is 4.79 Å². The van der Waals surface area contributed by atoms with E-state index in [0.29, 0.717) is 5.92 Å². The maximum atomic E-state index is 11.4. The van der Waals surface area contributed by atoms with Crippen LogP contribution in [0.5, 0.6) is 0 Å². The fraction of sp³-hybridized carbons (Fsp3) is 0.455. The van der Waals surface area contributed by atoms with Crippen LogP contribution >= 0.6 is 0 Å². The molecule has 4 heteroatoms. The number of aromatic carboxylic acids is 1. The van der Waals surface area contributed by atoms with Crippen LogP contribution in [0.1, 0.15) is 47.7 Å². The summed E-state index contributed by atoms with van der Waals surface area (Å²) in [5.74, 6) is -0.769. The second-order valence-electron chi connectivity index (χ2n) is 3.94. The average molecular weight is 207 g/mol. The molecule has 2 N–H and O–H groups in total. The topological polar surface area (TPSA) is 70.2 Å². The number of carboxylic acids is 1. The Morgan fingerprint density at radius 3 is 2.53 bits per heavy atom. The van der Waals surface area contributed by atoms with Gasteiger partial charge < -0.3 is 10.1 Å². The molecular weight excluding hydrogens is 194 g/mol. The van der Waals surface area contributed by atoms with Gasteiger partial charge in [0.05, 0.1) is 0 Å². The van der Waals surface area contributed by atoms with Crippen LogP contribution in [0.3, 0.4) is 0 Å². The second-order valence-corrected chi connectivity index (χ2v) is 3.94. The molecule has 0 amide bonds. The van der Waals surface area contributed by atoms with Crippen molar-refractivity contribution in [3.05, 3.63) is 33.7 Å². The van der Waals surface area contributed by atoms with Crippen molar-refractivity contribution in [1.82, 2.24) is 4.98 Å². The molecular formula is C11H13NO3. The lowest BCUT2D eigenvalue weighted by molar-refractivity contribution is 0.0695. The number of rotatable bonds is 2. The van der Waals surface area contributed by atoms with Crippen LogP contribution in [-0.4, -0.2) is 16.1 Å². The number of pyridine rings is 1. The second kappa shape index (κ2) is 3.88. The van der Waals surface area contributed by atoms with Crippen molar-refractivity contribution >= 4 is 5.97 Å². The SMILES string of the molecule is O=C(O)c1ccc(C2CCCC2)[nH]c1=O. The Balaban J connectivity index is 2.32. The first-order valence-electron chi connectivity index (χ1n) is 5.15. The fourth-order valence-corrected chi connectivity index (χ4v) is 2.13. The number of aromatic amines is 1. The highest BCUT2D eigenvalue weighted by Crippen LogP contribution is 2.32. The number of hydrogen-bond acceptors (Lipinski definition) is 2.